The minimum absolute atomic E-state index is 0.157. The van der Waals surface area contributed by atoms with Crippen LogP contribution >= 0.6 is 0 Å². The molecule has 2 aromatic rings. The number of imide groups is 1. The number of carbonyl (C=O) groups is 2. The van der Waals surface area contributed by atoms with Gasteiger partial charge in [-0.1, -0.05) is 36.4 Å². The van der Waals surface area contributed by atoms with Crippen molar-refractivity contribution < 1.29 is 14.0 Å². The molecule has 0 spiro atoms. The fraction of sp³-hybridized carbons (Fsp3) is 0.0588. The zero-order valence-electron chi connectivity index (χ0n) is 11.8. The summed E-state index contributed by atoms with van der Waals surface area (Å²) in [5.41, 5.74) is 1.51. The molecule has 0 bridgehead atoms. The summed E-state index contributed by atoms with van der Waals surface area (Å²) in [6.07, 6.45) is 0. The lowest BCUT2D eigenvalue weighted by Crippen LogP contribution is -2.27. The van der Waals surface area contributed by atoms with Crippen molar-refractivity contribution in [3.63, 3.8) is 0 Å². The highest BCUT2D eigenvalue weighted by Gasteiger charge is 2.36. The van der Waals surface area contributed by atoms with Crippen LogP contribution in [0.4, 0.5) is 10.1 Å². The number of carbonyl (C=O) groups excluding carboxylic acids is 2. The van der Waals surface area contributed by atoms with E-state index in [1.807, 2.05) is 6.07 Å². The highest BCUT2D eigenvalue weighted by atomic mass is 19.1. The molecule has 0 fully saturated rings. The van der Waals surface area contributed by atoms with E-state index in [4.69, 9.17) is 0 Å². The fourth-order valence-electron chi connectivity index (χ4n) is 2.34. The number of benzene rings is 2. The van der Waals surface area contributed by atoms with Gasteiger partial charge in [-0.15, -0.1) is 0 Å². The van der Waals surface area contributed by atoms with E-state index in [-0.39, 0.29) is 17.2 Å². The van der Waals surface area contributed by atoms with E-state index in [9.17, 15) is 14.0 Å². The number of nitrogens with one attached hydrogen (secondary N) is 1. The van der Waals surface area contributed by atoms with E-state index in [1.165, 1.54) is 25.2 Å². The van der Waals surface area contributed by atoms with Crippen LogP contribution in [-0.2, 0) is 9.59 Å². The Labute approximate surface area is 126 Å². The summed E-state index contributed by atoms with van der Waals surface area (Å²) in [6, 6.07) is 14.7. The van der Waals surface area contributed by atoms with E-state index in [2.05, 4.69) is 5.32 Å². The van der Waals surface area contributed by atoms with E-state index < -0.39 is 11.7 Å². The molecule has 1 heterocycles. The fourth-order valence-corrected chi connectivity index (χ4v) is 2.34. The molecule has 2 amide bonds. The molecule has 0 unspecified atom stereocenters. The summed E-state index contributed by atoms with van der Waals surface area (Å²) in [4.78, 5) is 25.6. The number of halogens is 1. The summed E-state index contributed by atoms with van der Waals surface area (Å²) in [7, 11) is 1.42. The molecule has 0 aromatic heterocycles. The first kappa shape index (κ1) is 14.0. The summed E-state index contributed by atoms with van der Waals surface area (Å²) >= 11 is 0. The molecule has 0 aliphatic carbocycles. The van der Waals surface area contributed by atoms with Crippen molar-refractivity contribution >= 4 is 23.1 Å². The maximum absolute atomic E-state index is 13.3. The number of hydrogen-bond donors (Lipinski definition) is 1. The third kappa shape index (κ3) is 2.37. The number of amides is 2. The van der Waals surface area contributed by atoms with Crippen molar-refractivity contribution in [1.82, 2.24) is 4.90 Å². The van der Waals surface area contributed by atoms with Crippen molar-refractivity contribution in [2.75, 3.05) is 12.4 Å². The second-order valence-electron chi connectivity index (χ2n) is 4.92. The Kier molecular flexibility index (Phi) is 3.47. The molecule has 22 heavy (non-hydrogen) atoms. The van der Waals surface area contributed by atoms with E-state index in [1.54, 1.807) is 30.3 Å². The monoisotopic (exact) mass is 296 g/mol. The minimum atomic E-state index is -0.437. The molecular formula is C17H13FN2O2. The number of nitrogens with zero attached hydrogens (tertiary/aromatic N) is 1. The molecule has 0 saturated heterocycles. The Hall–Kier alpha value is -2.95. The van der Waals surface area contributed by atoms with Crippen LogP contribution in [0.2, 0.25) is 0 Å². The van der Waals surface area contributed by atoms with Gasteiger partial charge in [0.15, 0.2) is 0 Å². The summed E-state index contributed by atoms with van der Waals surface area (Å²) in [5, 5.41) is 2.87. The second kappa shape index (κ2) is 5.44. The highest BCUT2D eigenvalue weighted by Crippen LogP contribution is 2.29. The van der Waals surface area contributed by atoms with Gasteiger partial charge in [-0.3, -0.25) is 14.5 Å². The van der Waals surface area contributed by atoms with Crippen LogP contribution in [0.3, 0.4) is 0 Å². The van der Waals surface area contributed by atoms with Gasteiger partial charge in [0.2, 0.25) is 0 Å². The number of rotatable bonds is 3. The maximum atomic E-state index is 13.3. The molecule has 0 atom stereocenters. The SMILES string of the molecule is CN1C(=O)C(Nc2cccc(F)c2)=C(c2ccccc2)C1=O. The predicted molar refractivity (Wildman–Crippen MR) is 81.2 cm³/mol. The van der Waals surface area contributed by atoms with Crippen molar-refractivity contribution in [2.45, 2.75) is 0 Å². The van der Waals surface area contributed by atoms with Crippen LogP contribution in [0.25, 0.3) is 5.57 Å². The summed E-state index contributed by atoms with van der Waals surface area (Å²) in [5.74, 6) is -1.24. The van der Waals surface area contributed by atoms with Gasteiger partial charge >= 0.3 is 0 Å². The van der Waals surface area contributed by atoms with Crippen LogP contribution in [-0.4, -0.2) is 23.8 Å². The minimum Gasteiger partial charge on any atom is -0.350 e. The molecular weight excluding hydrogens is 283 g/mol. The van der Waals surface area contributed by atoms with Gasteiger partial charge in [0, 0.05) is 12.7 Å². The Bertz CT molecular complexity index is 784. The first-order chi connectivity index (χ1) is 10.6. The summed E-state index contributed by atoms with van der Waals surface area (Å²) in [6.45, 7) is 0. The van der Waals surface area contributed by atoms with Crippen LogP contribution < -0.4 is 5.32 Å². The molecule has 3 rings (SSSR count). The summed E-state index contributed by atoms with van der Waals surface area (Å²) < 4.78 is 13.3. The smallest absolute Gasteiger partial charge is 0.277 e. The van der Waals surface area contributed by atoms with Crippen molar-refractivity contribution in [1.29, 1.82) is 0 Å². The van der Waals surface area contributed by atoms with E-state index in [0.29, 0.717) is 11.3 Å². The molecule has 0 saturated carbocycles. The quantitative estimate of drug-likeness (QED) is 0.886. The number of hydrogen-bond acceptors (Lipinski definition) is 3. The zero-order chi connectivity index (χ0) is 15.7. The average molecular weight is 296 g/mol. The standard InChI is InChI=1S/C17H13FN2O2/c1-20-16(21)14(11-6-3-2-4-7-11)15(17(20)22)19-13-9-5-8-12(18)10-13/h2-10,19H,1H3. The highest BCUT2D eigenvalue weighted by molar-refractivity contribution is 6.36. The third-order valence-corrected chi connectivity index (χ3v) is 3.44. The Morgan fingerprint density at radius 1 is 0.955 bits per heavy atom. The van der Waals surface area contributed by atoms with Crippen molar-refractivity contribution in [2.24, 2.45) is 0 Å². The van der Waals surface area contributed by atoms with Gasteiger partial charge < -0.3 is 5.32 Å². The molecule has 110 valence electrons. The van der Waals surface area contributed by atoms with E-state index in [0.717, 1.165) is 4.90 Å². The van der Waals surface area contributed by atoms with Gasteiger partial charge in [0.25, 0.3) is 11.8 Å². The largest absolute Gasteiger partial charge is 0.350 e. The molecule has 2 aromatic carbocycles. The van der Waals surface area contributed by atoms with E-state index >= 15 is 0 Å². The van der Waals surface area contributed by atoms with Crippen LogP contribution in [0.5, 0.6) is 0 Å². The van der Waals surface area contributed by atoms with Crippen LogP contribution in [0.1, 0.15) is 5.56 Å². The van der Waals surface area contributed by atoms with Gasteiger partial charge in [0.1, 0.15) is 11.5 Å². The van der Waals surface area contributed by atoms with Gasteiger partial charge in [-0.25, -0.2) is 4.39 Å². The zero-order valence-corrected chi connectivity index (χ0v) is 11.8. The van der Waals surface area contributed by atoms with Crippen molar-refractivity contribution in [3.05, 3.63) is 71.7 Å². The molecule has 4 nitrogen and oxygen atoms in total. The Morgan fingerprint density at radius 2 is 1.68 bits per heavy atom. The van der Waals surface area contributed by atoms with Gasteiger partial charge in [-0.05, 0) is 23.8 Å². The molecule has 0 radical (unpaired) electrons. The lowest BCUT2D eigenvalue weighted by molar-refractivity contribution is -0.135. The van der Waals surface area contributed by atoms with Crippen LogP contribution in [0.15, 0.2) is 60.3 Å². The molecule has 1 N–H and O–H groups in total. The average Bonchev–Trinajstić information content (AvgIpc) is 2.73. The van der Waals surface area contributed by atoms with Crippen molar-refractivity contribution in [3.8, 4) is 0 Å². The molecule has 1 aliphatic heterocycles. The van der Waals surface area contributed by atoms with Gasteiger partial charge in [0.05, 0.1) is 5.57 Å². The number of anilines is 1. The first-order valence-corrected chi connectivity index (χ1v) is 6.72. The number of likely N-dealkylation sites (N-methyl/N-ethyl adjacent to an activating group) is 1. The lowest BCUT2D eigenvalue weighted by Gasteiger charge is -2.08. The lowest BCUT2D eigenvalue weighted by atomic mass is 10.0. The molecule has 5 heteroatoms. The Morgan fingerprint density at radius 3 is 2.36 bits per heavy atom. The Balaban J connectivity index is 2.08. The van der Waals surface area contributed by atoms with Crippen LogP contribution in [0, 0.1) is 5.82 Å². The predicted octanol–water partition coefficient (Wildman–Crippen LogP) is 2.65. The van der Waals surface area contributed by atoms with Gasteiger partial charge in [-0.2, -0.15) is 0 Å². The molecule has 1 aliphatic rings. The first-order valence-electron chi connectivity index (χ1n) is 6.72. The second-order valence-corrected chi connectivity index (χ2v) is 4.92. The topological polar surface area (TPSA) is 49.4 Å². The third-order valence-electron chi connectivity index (χ3n) is 3.44. The maximum Gasteiger partial charge on any atom is 0.277 e. The normalized spacial score (nSPS) is 14.7.